The average molecular weight is 392 g/mol. The predicted molar refractivity (Wildman–Crippen MR) is 99.9 cm³/mol. The van der Waals surface area contributed by atoms with Crippen LogP contribution in [0.5, 0.6) is 5.75 Å². The first-order chi connectivity index (χ1) is 12.8. The Balaban J connectivity index is 1.86. The summed E-state index contributed by atoms with van der Waals surface area (Å²) in [6, 6.07) is 10.8. The van der Waals surface area contributed by atoms with Crippen LogP contribution in [-0.2, 0) is 21.2 Å². The molecule has 0 spiro atoms. The molecule has 144 valence electrons. The molecule has 1 amide bonds. The fourth-order valence-corrected chi connectivity index (χ4v) is 4.60. The summed E-state index contributed by atoms with van der Waals surface area (Å²) in [5.41, 5.74) is 1.85. The highest BCUT2D eigenvalue weighted by atomic mass is 32.2. The van der Waals surface area contributed by atoms with Crippen molar-refractivity contribution < 1.29 is 22.3 Å². The molecular formula is C19H21FN2O4S. The van der Waals surface area contributed by atoms with Gasteiger partial charge in [-0.25, -0.2) is 12.8 Å². The number of anilines is 1. The highest BCUT2D eigenvalue weighted by Crippen LogP contribution is 2.32. The van der Waals surface area contributed by atoms with Crippen LogP contribution >= 0.6 is 0 Å². The number of carbonyl (C=O) groups excluding carboxylic acids is 1. The molecule has 0 bridgehead atoms. The van der Waals surface area contributed by atoms with Gasteiger partial charge in [-0.15, -0.1) is 0 Å². The molecule has 1 aliphatic rings. The van der Waals surface area contributed by atoms with Gasteiger partial charge in [0.15, 0.2) is 0 Å². The molecule has 0 N–H and O–H groups in total. The van der Waals surface area contributed by atoms with Crippen LogP contribution in [0, 0.1) is 5.82 Å². The smallest absolute Gasteiger partial charge is 0.247 e. The van der Waals surface area contributed by atoms with E-state index in [2.05, 4.69) is 0 Å². The zero-order valence-electron chi connectivity index (χ0n) is 15.3. The highest BCUT2D eigenvalue weighted by molar-refractivity contribution is 7.89. The Labute approximate surface area is 158 Å². The lowest BCUT2D eigenvalue weighted by Crippen LogP contribution is -2.43. The molecule has 8 heteroatoms. The number of benzene rings is 2. The summed E-state index contributed by atoms with van der Waals surface area (Å²) in [6.07, 6.45) is 0.718. The van der Waals surface area contributed by atoms with Gasteiger partial charge in [0.1, 0.15) is 16.5 Å². The maximum Gasteiger partial charge on any atom is 0.247 e. The van der Waals surface area contributed by atoms with Gasteiger partial charge in [-0.3, -0.25) is 4.79 Å². The quantitative estimate of drug-likeness (QED) is 0.784. The number of halogens is 1. The molecule has 1 atom stereocenters. The van der Waals surface area contributed by atoms with E-state index in [1.165, 1.54) is 20.2 Å². The number of likely N-dealkylation sites (N-methyl/N-ethyl adjacent to an activating group) is 1. The van der Waals surface area contributed by atoms with E-state index < -0.39 is 15.8 Å². The molecule has 0 fully saturated rings. The van der Waals surface area contributed by atoms with Crippen LogP contribution < -0.4 is 9.64 Å². The van der Waals surface area contributed by atoms with Crippen LogP contribution in [0.4, 0.5) is 10.1 Å². The summed E-state index contributed by atoms with van der Waals surface area (Å²) in [5.74, 6) is -1.01. The van der Waals surface area contributed by atoms with Crippen LogP contribution in [0.15, 0.2) is 47.4 Å². The Morgan fingerprint density at radius 3 is 2.70 bits per heavy atom. The van der Waals surface area contributed by atoms with Gasteiger partial charge in [0.05, 0.1) is 13.7 Å². The normalized spacial score (nSPS) is 16.5. The number of hydrogen-bond donors (Lipinski definition) is 0. The van der Waals surface area contributed by atoms with Crippen molar-refractivity contribution in [2.24, 2.45) is 0 Å². The summed E-state index contributed by atoms with van der Waals surface area (Å²) >= 11 is 0. The third-order valence-corrected chi connectivity index (χ3v) is 6.47. The van der Waals surface area contributed by atoms with Crippen molar-refractivity contribution in [3.63, 3.8) is 0 Å². The van der Waals surface area contributed by atoms with E-state index >= 15 is 0 Å². The molecule has 0 aliphatic carbocycles. The predicted octanol–water partition coefficient (Wildman–Crippen LogP) is 2.43. The number of sulfonamides is 1. The fraction of sp³-hybridized carbons (Fsp3) is 0.316. The average Bonchev–Trinajstić information content (AvgIpc) is 2.97. The minimum atomic E-state index is -4.10. The number of rotatable bonds is 5. The lowest BCUT2D eigenvalue weighted by atomic mass is 10.1. The van der Waals surface area contributed by atoms with E-state index in [-0.39, 0.29) is 29.1 Å². The first-order valence-electron chi connectivity index (χ1n) is 8.45. The number of para-hydroxylation sites is 1. The second kappa shape index (κ2) is 7.28. The number of amides is 1. The molecule has 0 saturated heterocycles. The van der Waals surface area contributed by atoms with Crippen molar-refractivity contribution in [1.82, 2.24) is 4.31 Å². The van der Waals surface area contributed by atoms with Gasteiger partial charge in [-0.05, 0) is 43.2 Å². The van der Waals surface area contributed by atoms with Crippen LogP contribution in [0.2, 0.25) is 0 Å². The summed E-state index contributed by atoms with van der Waals surface area (Å²) in [7, 11) is -1.50. The van der Waals surface area contributed by atoms with Crippen molar-refractivity contribution in [2.45, 2.75) is 24.3 Å². The van der Waals surface area contributed by atoms with Crippen LogP contribution in [-0.4, -0.2) is 45.4 Å². The minimum Gasteiger partial charge on any atom is -0.495 e. The van der Waals surface area contributed by atoms with E-state index in [0.717, 1.165) is 34.1 Å². The van der Waals surface area contributed by atoms with Gasteiger partial charge in [-0.1, -0.05) is 18.2 Å². The van der Waals surface area contributed by atoms with Gasteiger partial charge in [0.2, 0.25) is 15.9 Å². The van der Waals surface area contributed by atoms with Gasteiger partial charge in [0.25, 0.3) is 0 Å². The van der Waals surface area contributed by atoms with Crippen LogP contribution in [0.25, 0.3) is 0 Å². The van der Waals surface area contributed by atoms with Gasteiger partial charge < -0.3 is 9.64 Å². The molecule has 0 radical (unpaired) electrons. The molecule has 2 aromatic rings. The van der Waals surface area contributed by atoms with Crippen LogP contribution in [0.1, 0.15) is 12.5 Å². The second-order valence-electron chi connectivity index (χ2n) is 6.50. The standard InChI is InChI=1S/C19H21FN2O4S/c1-13-10-14-6-4-5-7-16(14)22(13)19(23)12-21(2)27(24,25)18-11-15(20)8-9-17(18)26-3/h4-9,11,13H,10,12H2,1-3H3/t13-/m0/s1. The van der Waals surface area contributed by atoms with E-state index in [1.807, 2.05) is 31.2 Å². The summed E-state index contributed by atoms with van der Waals surface area (Å²) < 4.78 is 45.2. The molecule has 2 aromatic carbocycles. The topological polar surface area (TPSA) is 66.9 Å². The highest BCUT2D eigenvalue weighted by Gasteiger charge is 2.34. The minimum absolute atomic E-state index is 0.0237. The van der Waals surface area contributed by atoms with E-state index in [4.69, 9.17) is 4.74 Å². The molecule has 0 saturated carbocycles. The molecule has 0 unspecified atom stereocenters. The molecule has 0 aromatic heterocycles. The number of hydrogen-bond acceptors (Lipinski definition) is 4. The van der Waals surface area contributed by atoms with Crippen molar-refractivity contribution in [1.29, 1.82) is 0 Å². The van der Waals surface area contributed by atoms with Crippen molar-refractivity contribution >= 4 is 21.6 Å². The van der Waals surface area contributed by atoms with Gasteiger partial charge in [0, 0.05) is 18.8 Å². The molecule has 6 nitrogen and oxygen atoms in total. The van der Waals surface area contributed by atoms with Gasteiger partial charge in [-0.2, -0.15) is 4.31 Å². The first-order valence-corrected chi connectivity index (χ1v) is 9.89. The molecule has 3 rings (SSSR count). The summed E-state index contributed by atoms with van der Waals surface area (Å²) in [6.45, 7) is 1.56. The van der Waals surface area contributed by atoms with E-state index in [9.17, 15) is 17.6 Å². The summed E-state index contributed by atoms with van der Waals surface area (Å²) in [4.78, 5) is 14.1. The van der Waals surface area contributed by atoms with Crippen molar-refractivity contribution in [2.75, 3.05) is 25.6 Å². The lowest BCUT2D eigenvalue weighted by molar-refractivity contribution is -0.118. The van der Waals surface area contributed by atoms with Crippen molar-refractivity contribution in [3.8, 4) is 5.75 Å². The zero-order valence-corrected chi connectivity index (χ0v) is 16.2. The maximum absolute atomic E-state index is 13.6. The number of nitrogens with zero attached hydrogens (tertiary/aromatic N) is 2. The Morgan fingerprint density at radius 1 is 1.30 bits per heavy atom. The monoisotopic (exact) mass is 392 g/mol. The van der Waals surface area contributed by atoms with E-state index in [0.29, 0.717) is 0 Å². The number of fused-ring (bicyclic) bond motifs is 1. The Hall–Kier alpha value is -2.45. The van der Waals surface area contributed by atoms with E-state index in [1.54, 1.807) is 4.90 Å². The Bertz CT molecular complexity index is 977. The Kier molecular flexibility index (Phi) is 5.21. The number of methoxy groups -OCH3 is 1. The molecule has 1 heterocycles. The number of carbonyl (C=O) groups is 1. The number of ether oxygens (including phenoxy) is 1. The second-order valence-corrected chi connectivity index (χ2v) is 8.52. The first kappa shape index (κ1) is 19.3. The summed E-state index contributed by atoms with van der Waals surface area (Å²) in [5, 5.41) is 0. The third-order valence-electron chi connectivity index (χ3n) is 4.65. The van der Waals surface area contributed by atoms with Crippen molar-refractivity contribution in [3.05, 3.63) is 53.8 Å². The SMILES string of the molecule is COc1ccc(F)cc1S(=O)(=O)N(C)CC(=O)N1c2ccccc2C[C@@H]1C. The lowest BCUT2D eigenvalue weighted by Gasteiger charge is -2.26. The van der Waals surface area contributed by atoms with Crippen LogP contribution in [0.3, 0.4) is 0 Å². The zero-order chi connectivity index (χ0) is 19.8. The third kappa shape index (κ3) is 3.54. The molecule has 1 aliphatic heterocycles. The Morgan fingerprint density at radius 2 is 2.00 bits per heavy atom. The maximum atomic E-state index is 13.6. The molecule has 27 heavy (non-hydrogen) atoms. The fourth-order valence-electron chi connectivity index (χ4n) is 3.32. The largest absolute Gasteiger partial charge is 0.495 e. The molecular weight excluding hydrogens is 371 g/mol. The van der Waals surface area contributed by atoms with Gasteiger partial charge >= 0.3 is 0 Å².